The average Bonchev–Trinajstić information content (AvgIpc) is 3.34. The summed E-state index contributed by atoms with van der Waals surface area (Å²) < 4.78 is 9.76. The zero-order valence-corrected chi connectivity index (χ0v) is 15.7. The second-order valence-corrected chi connectivity index (χ2v) is 6.00. The number of aromatic nitrogens is 6. The van der Waals surface area contributed by atoms with Gasteiger partial charge >= 0.3 is 5.69 Å². The van der Waals surface area contributed by atoms with E-state index in [1.807, 2.05) is 6.92 Å². The predicted octanol–water partition coefficient (Wildman–Crippen LogP) is 1.55. The van der Waals surface area contributed by atoms with Crippen molar-refractivity contribution in [3.8, 4) is 0 Å². The molecule has 28 heavy (non-hydrogen) atoms. The van der Waals surface area contributed by atoms with Crippen molar-refractivity contribution in [3.05, 3.63) is 51.9 Å². The molecule has 148 valence electrons. The van der Waals surface area contributed by atoms with Gasteiger partial charge in [-0.1, -0.05) is 0 Å². The number of amides is 1. The molecule has 0 aliphatic carbocycles. The molecule has 0 aliphatic heterocycles. The van der Waals surface area contributed by atoms with Crippen molar-refractivity contribution < 1.29 is 14.5 Å². The molecule has 0 saturated carbocycles. The summed E-state index contributed by atoms with van der Waals surface area (Å²) in [6.07, 6.45) is 4.78. The molecule has 0 aliphatic rings. The Bertz CT molecular complexity index is 1000. The predicted molar refractivity (Wildman–Crippen MR) is 97.8 cm³/mol. The van der Waals surface area contributed by atoms with E-state index in [0.717, 1.165) is 0 Å². The van der Waals surface area contributed by atoms with Crippen molar-refractivity contribution in [2.75, 3.05) is 11.9 Å². The Morgan fingerprint density at radius 3 is 2.79 bits per heavy atom. The number of nitrogens with zero attached hydrogens (tertiary/aromatic N) is 7. The van der Waals surface area contributed by atoms with E-state index >= 15 is 0 Å². The van der Waals surface area contributed by atoms with E-state index in [-0.39, 0.29) is 18.1 Å². The SMILES string of the molecule is CCOCn1cc(NC(=O)c2ccn(Cn3nc(C)c([N+](=O)[O-])c3C)n2)cn1. The normalized spacial score (nSPS) is 11.0. The number of aryl methyl sites for hydroxylation is 1. The first-order valence-electron chi connectivity index (χ1n) is 8.52. The van der Waals surface area contributed by atoms with E-state index in [0.29, 0.717) is 30.4 Å². The lowest BCUT2D eigenvalue weighted by molar-refractivity contribution is -0.386. The van der Waals surface area contributed by atoms with Gasteiger partial charge in [-0.3, -0.25) is 19.6 Å². The molecular weight excluding hydrogens is 368 g/mol. The zero-order chi connectivity index (χ0) is 20.3. The molecule has 0 spiro atoms. The van der Waals surface area contributed by atoms with Crippen LogP contribution in [0.2, 0.25) is 0 Å². The molecule has 0 aromatic carbocycles. The number of hydrogen-bond acceptors (Lipinski definition) is 7. The largest absolute Gasteiger partial charge is 0.360 e. The topological polar surface area (TPSA) is 135 Å². The molecule has 0 unspecified atom stereocenters. The molecule has 0 saturated heterocycles. The van der Waals surface area contributed by atoms with Gasteiger partial charge in [0, 0.05) is 12.8 Å². The van der Waals surface area contributed by atoms with Crippen LogP contribution in [0.1, 0.15) is 28.8 Å². The lowest BCUT2D eigenvalue weighted by atomic mass is 10.3. The van der Waals surface area contributed by atoms with Crippen LogP contribution in [0.5, 0.6) is 0 Å². The Morgan fingerprint density at radius 2 is 2.11 bits per heavy atom. The minimum Gasteiger partial charge on any atom is -0.360 e. The van der Waals surface area contributed by atoms with Gasteiger partial charge in [0.05, 0.1) is 23.0 Å². The Hall–Kier alpha value is -3.54. The highest BCUT2D eigenvalue weighted by Gasteiger charge is 2.22. The third kappa shape index (κ3) is 4.06. The fraction of sp³-hybridized carbons (Fsp3) is 0.375. The highest BCUT2D eigenvalue weighted by atomic mass is 16.6. The van der Waals surface area contributed by atoms with Gasteiger partial charge in [-0.25, -0.2) is 9.36 Å². The first kappa shape index (κ1) is 19.2. The molecule has 12 nitrogen and oxygen atoms in total. The van der Waals surface area contributed by atoms with Crippen LogP contribution in [0.15, 0.2) is 24.7 Å². The van der Waals surface area contributed by atoms with Gasteiger partial charge in [0.1, 0.15) is 24.8 Å². The van der Waals surface area contributed by atoms with Crippen LogP contribution in [0.4, 0.5) is 11.4 Å². The minimum atomic E-state index is -0.457. The van der Waals surface area contributed by atoms with E-state index in [4.69, 9.17) is 4.74 Å². The fourth-order valence-corrected chi connectivity index (χ4v) is 2.67. The Labute approximate surface area is 159 Å². The van der Waals surface area contributed by atoms with E-state index in [1.54, 1.807) is 37.0 Å². The zero-order valence-electron chi connectivity index (χ0n) is 15.7. The van der Waals surface area contributed by atoms with Gasteiger partial charge in [0.25, 0.3) is 5.91 Å². The number of anilines is 1. The van der Waals surface area contributed by atoms with Crippen molar-refractivity contribution in [3.63, 3.8) is 0 Å². The van der Waals surface area contributed by atoms with Crippen LogP contribution in [0, 0.1) is 24.0 Å². The molecule has 12 heteroatoms. The maximum atomic E-state index is 12.4. The molecule has 1 amide bonds. The van der Waals surface area contributed by atoms with Crippen LogP contribution in [-0.4, -0.2) is 46.8 Å². The van der Waals surface area contributed by atoms with Gasteiger partial charge in [-0.15, -0.1) is 0 Å². The maximum absolute atomic E-state index is 12.4. The lowest BCUT2D eigenvalue weighted by Crippen LogP contribution is -2.15. The Morgan fingerprint density at radius 1 is 1.32 bits per heavy atom. The highest BCUT2D eigenvalue weighted by molar-refractivity contribution is 6.02. The number of carbonyl (C=O) groups is 1. The van der Waals surface area contributed by atoms with E-state index in [1.165, 1.54) is 15.6 Å². The van der Waals surface area contributed by atoms with Crippen molar-refractivity contribution >= 4 is 17.3 Å². The number of rotatable bonds is 8. The second-order valence-electron chi connectivity index (χ2n) is 6.00. The summed E-state index contributed by atoms with van der Waals surface area (Å²) in [5.41, 5.74) is 1.46. The number of hydrogen-bond donors (Lipinski definition) is 1. The minimum absolute atomic E-state index is 0.0193. The van der Waals surface area contributed by atoms with Crippen molar-refractivity contribution in [2.45, 2.75) is 34.2 Å². The van der Waals surface area contributed by atoms with Gasteiger partial charge in [0.15, 0.2) is 5.69 Å². The molecule has 3 heterocycles. The molecule has 3 aromatic heterocycles. The molecular formula is C16H20N8O4. The van der Waals surface area contributed by atoms with Gasteiger partial charge in [0.2, 0.25) is 0 Å². The number of ether oxygens (including phenoxy) is 1. The number of nitrogens with one attached hydrogen (secondary N) is 1. The summed E-state index contributed by atoms with van der Waals surface area (Å²) in [6, 6.07) is 1.56. The average molecular weight is 388 g/mol. The summed E-state index contributed by atoms with van der Waals surface area (Å²) in [5.74, 6) is -0.394. The third-order valence-corrected chi connectivity index (χ3v) is 4.00. The van der Waals surface area contributed by atoms with Crippen molar-refractivity contribution in [1.29, 1.82) is 0 Å². The number of carbonyl (C=O) groups excluding carboxylic acids is 1. The van der Waals surface area contributed by atoms with Gasteiger partial charge in [-0.05, 0) is 26.8 Å². The van der Waals surface area contributed by atoms with E-state index in [9.17, 15) is 14.9 Å². The molecule has 3 rings (SSSR count). The van der Waals surface area contributed by atoms with Crippen LogP contribution in [0.25, 0.3) is 0 Å². The first-order chi connectivity index (χ1) is 13.4. The molecule has 3 aromatic rings. The number of nitro groups is 1. The van der Waals surface area contributed by atoms with E-state index in [2.05, 4.69) is 20.6 Å². The molecule has 0 fully saturated rings. The lowest BCUT2D eigenvalue weighted by Gasteiger charge is -2.04. The van der Waals surface area contributed by atoms with Crippen molar-refractivity contribution in [2.24, 2.45) is 0 Å². The standard InChI is InChI=1S/C16H20N8O4/c1-4-28-10-22-8-13(7-17-22)18-16(25)14-5-6-21(20-14)9-23-12(3)15(24(26)27)11(2)19-23/h5-8H,4,9-10H2,1-3H3,(H,18,25). The highest BCUT2D eigenvalue weighted by Crippen LogP contribution is 2.21. The Balaban J connectivity index is 1.67. The van der Waals surface area contributed by atoms with Crippen LogP contribution < -0.4 is 5.32 Å². The molecule has 0 atom stereocenters. The third-order valence-electron chi connectivity index (χ3n) is 4.00. The monoisotopic (exact) mass is 388 g/mol. The van der Waals surface area contributed by atoms with E-state index < -0.39 is 10.8 Å². The summed E-state index contributed by atoms with van der Waals surface area (Å²) in [7, 11) is 0. The van der Waals surface area contributed by atoms with Gasteiger partial charge in [-0.2, -0.15) is 15.3 Å². The summed E-state index contributed by atoms with van der Waals surface area (Å²) in [4.78, 5) is 23.0. The molecule has 1 N–H and O–H groups in total. The quantitative estimate of drug-likeness (QED) is 0.457. The summed E-state index contributed by atoms with van der Waals surface area (Å²) >= 11 is 0. The molecule has 0 bridgehead atoms. The summed E-state index contributed by atoms with van der Waals surface area (Å²) in [5, 5.41) is 26.3. The molecule has 0 radical (unpaired) electrons. The second kappa shape index (κ2) is 8.00. The fourth-order valence-electron chi connectivity index (χ4n) is 2.67. The Kier molecular flexibility index (Phi) is 5.49. The van der Waals surface area contributed by atoms with Crippen LogP contribution >= 0.6 is 0 Å². The first-order valence-corrected chi connectivity index (χ1v) is 8.52. The maximum Gasteiger partial charge on any atom is 0.312 e. The smallest absolute Gasteiger partial charge is 0.312 e. The van der Waals surface area contributed by atoms with Crippen molar-refractivity contribution in [1.82, 2.24) is 29.3 Å². The van der Waals surface area contributed by atoms with Crippen LogP contribution in [0.3, 0.4) is 0 Å². The van der Waals surface area contributed by atoms with Gasteiger partial charge < -0.3 is 10.1 Å². The van der Waals surface area contributed by atoms with Crippen LogP contribution in [-0.2, 0) is 18.1 Å². The summed E-state index contributed by atoms with van der Waals surface area (Å²) in [6.45, 7) is 6.10.